The second-order valence-electron chi connectivity index (χ2n) is 4.48. The van der Waals surface area contributed by atoms with E-state index in [0.29, 0.717) is 6.42 Å². The van der Waals surface area contributed by atoms with Crippen molar-refractivity contribution in [1.29, 1.82) is 0 Å². The van der Waals surface area contributed by atoms with Crippen LogP contribution in [-0.4, -0.2) is 18.5 Å². The van der Waals surface area contributed by atoms with Gasteiger partial charge in [0.1, 0.15) is 5.76 Å². The maximum atomic E-state index is 11.7. The molecule has 1 aromatic rings. The first-order valence-corrected chi connectivity index (χ1v) is 5.76. The van der Waals surface area contributed by atoms with E-state index in [9.17, 15) is 4.79 Å². The molecule has 1 unspecified atom stereocenters. The third-order valence-corrected chi connectivity index (χ3v) is 2.74. The van der Waals surface area contributed by atoms with Gasteiger partial charge in [-0.2, -0.15) is 0 Å². The van der Waals surface area contributed by atoms with E-state index in [1.54, 1.807) is 6.26 Å². The summed E-state index contributed by atoms with van der Waals surface area (Å²) >= 11 is 0. The third-order valence-electron chi connectivity index (χ3n) is 2.74. The minimum atomic E-state index is 0.0848. The van der Waals surface area contributed by atoms with Crippen molar-refractivity contribution in [3.05, 3.63) is 23.7 Å². The number of furan rings is 1. The first-order valence-electron chi connectivity index (χ1n) is 5.76. The van der Waals surface area contributed by atoms with Gasteiger partial charge in [0.2, 0.25) is 5.91 Å². The molecule has 0 spiro atoms. The molecular weight excluding hydrogens is 204 g/mol. The Morgan fingerprint density at radius 2 is 2.50 bits per heavy atom. The molecule has 0 aromatic carbocycles. The van der Waals surface area contributed by atoms with Crippen molar-refractivity contribution >= 4 is 5.91 Å². The van der Waals surface area contributed by atoms with Crippen LogP contribution in [0.25, 0.3) is 0 Å². The lowest BCUT2D eigenvalue weighted by atomic mass is 9.99. The molecule has 2 rings (SSSR count). The van der Waals surface area contributed by atoms with Gasteiger partial charge in [0.15, 0.2) is 0 Å². The molecule has 1 aromatic heterocycles. The summed E-state index contributed by atoms with van der Waals surface area (Å²) in [6, 6.07) is 2.25. The maximum Gasteiger partial charge on any atom is 0.222 e. The summed E-state index contributed by atoms with van der Waals surface area (Å²) in [7, 11) is 0. The number of rotatable bonds is 3. The molecular formula is C12H18N2O2. The van der Waals surface area contributed by atoms with E-state index in [2.05, 4.69) is 10.6 Å². The standard InChI is InChI=1S/C12H18N2O2/c1-8(2)14-12(15)7-10-9-4-6-16-11(9)3-5-13-10/h4,6,8,10,13H,3,5,7H2,1-2H3,(H,14,15). The fourth-order valence-corrected chi connectivity index (χ4v) is 2.08. The van der Waals surface area contributed by atoms with E-state index in [0.717, 1.165) is 24.3 Å². The molecule has 1 aliphatic rings. The molecule has 1 aliphatic heterocycles. The average molecular weight is 222 g/mol. The highest BCUT2D eigenvalue weighted by molar-refractivity contribution is 5.77. The quantitative estimate of drug-likeness (QED) is 0.812. The number of carbonyl (C=O) groups is 1. The van der Waals surface area contributed by atoms with Crippen LogP contribution in [0.3, 0.4) is 0 Å². The summed E-state index contributed by atoms with van der Waals surface area (Å²) in [6.07, 6.45) is 3.08. The van der Waals surface area contributed by atoms with Gasteiger partial charge in [0, 0.05) is 37.0 Å². The van der Waals surface area contributed by atoms with Crippen LogP contribution in [0.5, 0.6) is 0 Å². The van der Waals surface area contributed by atoms with Crippen LogP contribution >= 0.6 is 0 Å². The maximum absolute atomic E-state index is 11.7. The zero-order valence-electron chi connectivity index (χ0n) is 9.75. The van der Waals surface area contributed by atoms with Crippen molar-refractivity contribution in [3.8, 4) is 0 Å². The molecule has 0 bridgehead atoms. The third kappa shape index (κ3) is 2.44. The number of hydrogen-bond donors (Lipinski definition) is 2. The van der Waals surface area contributed by atoms with Crippen molar-refractivity contribution in [3.63, 3.8) is 0 Å². The molecule has 0 fully saturated rings. The molecule has 1 atom stereocenters. The van der Waals surface area contributed by atoms with Gasteiger partial charge in [-0.3, -0.25) is 4.79 Å². The first-order chi connectivity index (χ1) is 7.66. The Morgan fingerprint density at radius 3 is 3.25 bits per heavy atom. The van der Waals surface area contributed by atoms with Gasteiger partial charge in [-0.25, -0.2) is 0 Å². The van der Waals surface area contributed by atoms with E-state index in [4.69, 9.17) is 4.42 Å². The zero-order valence-corrected chi connectivity index (χ0v) is 9.75. The number of amides is 1. The van der Waals surface area contributed by atoms with Gasteiger partial charge < -0.3 is 15.1 Å². The molecule has 0 radical (unpaired) electrons. The minimum Gasteiger partial charge on any atom is -0.469 e. The van der Waals surface area contributed by atoms with Crippen LogP contribution in [0.1, 0.15) is 37.6 Å². The Balaban J connectivity index is 2.00. The Hall–Kier alpha value is -1.29. The Kier molecular flexibility index (Phi) is 3.29. The predicted molar refractivity (Wildman–Crippen MR) is 61.1 cm³/mol. The van der Waals surface area contributed by atoms with Crippen molar-refractivity contribution < 1.29 is 9.21 Å². The van der Waals surface area contributed by atoms with E-state index in [1.807, 2.05) is 19.9 Å². The monoisotopic (exact) mass is 222 g/mol. The summed E-state index contributed by atoms with van der Waals surface area (Å²) in [5.74, 6) is 1.10. The molecule has 2 heterocycles. The van der Waals surface area contributed by atoms with Gasteiger partial charge in [-0.05, 0) is 19.9 Å². The van der Waals surface area contributed by atoms with Crippen molar-refractivity contribution in [2.24, 2.45) is 0 Å². The summed E-state index contributed by atoms with van der Waals surface area (Å²) < 4.78 is 5.38. The lowest BCUT2D eigenvalue weighted by Gasteiger charge is -2.23. The number of fused-ring (bicyclic) bond motifs is 1. The molecule has 0 aliphatic carbocycles. The molecule has 88 valence electrons. The molecule has 0 saturated carbocycles. The largest absolute Gasteiger partial charge is 0.469 e. The zero-order chi connectivity index (χ0) is 11.5. The van der Waals surface area contributed by atoms with Gasteiger partial charge >= 0.3 is 0 Å². The van der Waals surface area contributed by atoms with E-state index >= 15 is 0 Å². The highest BCUT2D eigenvalue weighted by Crippen LogP contribution is 2.26. The summed E-state index contributed by atoms with van der Waals surface area (Å²) in [5, 5.41) is 6.25. The van der Waals surface area contributed by atoms with Crippen LogP contribution in [0.15, 0.2) is 16.7 Å². The van der Waals surface area contributed by atoms with Gasteiger partial charge in [0.25, 0.3) is 0 Å². The summed E-state index contributed by atoms with van der Waals surface area (Å²) in [6.45, 7) is 4.81. The van der Waals surface area contributed by atoms with Crippen LogP contribution in [0.2, 0.25) is 0 Å². The fourth-order valence-electron chi connectivity index (χ4n) is 2.08. The Morgan fingerprint density at radius 1 is 1.69 bits per heavy atom. The Labute approximate surface area is 95.4 Å². The van der Waals surface area contributed by atoms with Gasteiger partial charge in [-0.1, -0.05) is 0 Å². The van der Waals surface area contributed by atoms with Crippen LogP contribution < -0.4 is 10.6 Å². The smallest absolute Gasteiger partial charge is 0.222 e. The predicted octanol–water partition coefficient (Wildman–Crippen LogP) is 1.38. The van der Waals surface area contributed by atoms with Gasteiger partial charge in [-0.15, -0.1) is 0 Å². The normalized spacial score (nSPS) is 19.6. The highest BCUT2D eigenvalue weighted by atomic mass is 16.3. The van der Waals surface area contributed by atoms with E-state index in [-0.39, 0.29) is 18.0 Å². The topological polar surface area (TPSA) is 54.3 Å². The number of hydrogen-bond acceptors (Lipinski definition) is 3. The number of carbonyl (C=O) groups excluding carboxylic acids is 1. The highest BCUT2D eigenvalue weighted by Gasteiger charge is 2.24. The van der Waals surface area contributed by atoms with Gasteiger partial charge in [0.05, 0.1) is 6.26 Å². The lowest BCUT2D eigenvalue weighted by molar-refractivity contribution is -0.122. The van der Waals surface area contributed by atoms with Crippen molar-refractivity contribution in [2.45, 2.75) is 38.8 Å². The minimum absolute atomic E-state index is 0.0848. The fraction of sp³-hybridized carbons (Fsp3) is 0.583. The average Bonchev–Trinajstić information content (AvgIpc) is 2.65. The van der Waals surface area contributed by atoms with E-state index < -0.39 is 0 Å². The first kappa shape index (κ1) is 11.2. The summed E-state index contributed by atoms with van der Waals surface area (Å²) in [5.41, 5.74) is 1.13. The number of nitrogens with one attached hydrogen (secondary N) is 2. The molecule has 2 N–H and O–H groups in total. The molecule has 4 heteroatoms. The molecule has 16 heavy (non-hydrogen) atoms. The second kappa shape index (κ2) is 4.70. The van der Waals surface area contributed by atoms with Crippen LogP contribution in [-0.2, 0) is 11.2 Å². The molecule has 0 saturated heterocycles. The lowest BCUT2D eigenvalue weighted by Crippen LogP contribution is -2.36. The summed E-state index contributed by atoms with van der Waals surface area (Å²) in [4.78, 5) is 11.7. The van der Waals surface area contributed by atoms with Crippen molar-refractivity contribution in [2.75, 3.05) is 6.54 Å². The van der Waals surface area contributed by atoms with Crippen molar-refractivity contribution in [1.82, 2.24) is 10.6 Å². The molecule has 1 amide bonds. The molecule has 4 nitrogen and oxygen atoms in total. The van der Waals surface area contributed by atoms with E-state index in [1.165, 1.54) is 0 Å². The van der Waals surface area contributed by atoms with Crippen LogP contribution in [0.4, 0.5) is 0 Å². The van der Waals surface area contributed by atoms with Crippen LogP contribution in [0, 0.1) is 0 Å². The second-order valence-corrected chi connectivity index (χ2v) is 4.48. The SMILES string of the molecule is CC(C)NC(=O)CC1NCCc2occc21. The Bertz CT molecular complexity index is 371.